The third-order valence-electron chi connectivity index (χ3n) is 2.67. The van der Waals surface area contributed by atoms with Crippen LogP contribution in [0.15, 0.2) is 22.5 Å². The second kappa shape index (κ2) is 5.85. The molecule has 1 aromatic carbocycles. The van der Waals surface area contributed by atoms with E-state index in [-0.39, 0.29) is 10.1 Å². The molecule has 5 nitrogen and oxygen atoms in total. The lowest BCUT2D eigenvalue weighted by Crippen LogP contribution is -2.07. The monoisotopic (exact) mass is 300 g/mol. The van der Waals surface area contributed by atoms with E-state index in [9.17, 15) is 8.42 Å². The minimum absolute atomic E-state index is 0.103. The van der Waals surface area contributed by atoms with Crippen LogP contribution in [0.5, 0.6) is 0 Å². The minimum Gasteiger partial charge on any atom is -0.399 e. The number of unbranched alkanes of at least 4 members (excludes halogenated alkanes) is 1. The summed E-state index contributed by atoms with van der Waals surface area (Å²) in [5.41, 5.74) is 6.96. The Kier molecular flexibility index (Phi) is 4.38. The number of benzene rings is 1. The summed E-state index contributed by atoms with van der Waals surface area (Å²) >= 11 is 1.17. The molecule has 0 bridgehead atoms. The predicted molar refractivity (Wildman–Crippen MR) is 77.2 cm³/mol. The number of sulfone groups is 1. The van der Waals surface area contributed by atoms with Crippen molar-refractivity contribution in [1.82, 2.24) is 4.98 Å². The molecule has 104 valence electrons. The Morgan fingerprint density at radius 3 is 2.89 bits per heavy atom. The molecule has 0 saturated carbocycles. The number of nitrogen functional groups attached to an aromatic ring is 1. The van der Waals surface area contributed by atoms with Crippen molar-refractivity contribution < 1.29 is 13.2 Å². The van der Waals surface area contributed by atoms with Crippen molar-refractivity contribution in [1.29, 1.82) is 0 Å². The normalized spacial score (nSPS) is 12.1. The molecule has 2 aromatic rings. The van der Waals surface area contributed by atoms with Gasteiger partial charge in [0.15, 0.2) is 0 Å². The number of fused-ring (bicyclic) bond motifs is 1. The molecule has 2 rings (SSSR count). The number of nitrogens with zero attached hydrogens (tertiary/aromatic N) is 1. The first-order valence-electron chi connectivity index (χ1n) is 5.91. The van der Waals surface area contributed by atoms with Crippen LogP contribution < -0.4 is 5.73 Å². The lowest BCUT2D eigenvalue weighted by molar-refractivity contribution is 0.194. The van der Waals surface area contributed by atoms with Gasteiger partial charge in [0, 0.05) is 19.4 Å². The summed E-state index contributed by atoms with van der Waals surface area (Å²) in [4.78, 5) is 4.17. The number of aromatic nitrogens is 1. The summed E-state index contributed by atoms with van der Waals surface area (Å²) in [5.74, 6) is 0.103. The van der Waals surface area contributed by atoms with Crippen LogP contribution in [0.25, 0.3) is 10.2 Å². The third-order valence-corrected chi connectivity index (χ3v) is 5.94. The van der Waals surface area contributed by atoms with E-state index in [4.69, 9.17) is 10.5 Å². The zero-order valence-corrected chi connectivity index (χ0v) is 12.3. The van der Waals surface area contributed by atoms with Gasteiger partial charge in [0.2, 0.25) is 14.2 Å². The molecule has 19 heavy (non-hydrogen) atoms. The molecule has 0 aliphatic rings. The van der Waals surface area contributed by atoms with Gasteiger partial charge in [0.25, 0.3) is 0 Å². The molecule has 7 heteroatoms. The molecule has 1 aromatic heterocycles. The largest absolute Gasteiger partial charge is 0.399 e. The highest BCUT2D eigenvalue weighted by Gasteiger charge is 2.19. The molecule has 2 N–H and O–H groups in total. The number of ether oxygens (including phenoxy) is 1. The summed E-state index contributed by atoms with van der Waals surface area (Å²) in [6.07, 6.45) is 1.31. The lowest BCUT2D eigenvalue weighted by atomic mass is 10.3. The van der Waals surface area contributed by atoms with Crippen molar-refractivity contribution in [3.8, 4) is 0 Å². The van der Waals surface area contributed by atoms with Gasteiger partial charge in [0.1, 0.15) is 0 Å². The SMILES string of the molecule is COCCCCS(=O)(=O)c1nc2ccc(N)cc2s1. The van der Waals surface area contributed by atoms with Crippen LogP contribution in [0.1, 0.15) is 12.8 Å². The van der Waals surface area contributed by atoms with Gasteiger partial charge < -0.3 is 10.5 Å². The van der Waals surface area contributed by atoms with Crippen LogP contribution >= 0.6 is 11.3 Å². The summed E-state index contributed by atoms with van der Waals surface area (Å²) in [5, 5.41) is 0. The van der Waals surface area contributed by atoms with Crippen LogP contribution in [-0.2, 0) is 14.6 Å². The predicted octanol–water partition coefficient (Wildman–Crippen LogP) is 2.08. The van der Waals surface area contributed by atoms with E-state index in [0.29, 0.717) is 24.2 Å². The van der Waals surface area contributed by atoms with Gasteiger partial charge >= 0.3 is 0 Å². The number of hydrogen-bond donors (Lipinski definition) is 1. The van der Waals surface area contributed by atoms with E-state index >= 15 is 0 Å². The summed E-state index contributed by atoms with van der Waals surface area (Å²) < 4.78 is 30.1. The Balaban J connectivity index is 2.18. The maximum absolute atomic E-state index is 12.1. The minimum atomic E-state index is -3.30. The zero-order valence-electron chi connectivity index (χ0n) is 10.6. The van der Waals surface area contributed by atoms with Crippen LogP contribution in [0, 0.1) is 0 Å². The lowest BCUT2D eigenvalue weighted by Gasteiger charge is -2.00. The third kappa shape index (κ3) is 3.43. The van der Waals surface area contributed by atoms with E-state index in [1.807, 2.05) is 0 Å². The number of methoxy groups -OCH3 is 1. The second-order valence-electron chi connectivity index (χ2n) is 4.23. The standard InChI is InChI=1S/C12H16N2O3S2/c1-17-6-2-3-7-19(15,16)12-14-10-5-4-9(13)8-11(10)18-12/h4-5,8H,2-3,6-7,13H2,1H3. The van der Waals surface area contributed by atoms with Crippen molar-refractivity contribution in [3.63, 3.8) is 0 Å². The Hall–Kier alpha value is -1.18. The van der Waals surface area contributed by atoms with E-state index in [2.05, 4.69) is 4.98 Å². The van der Waals surface area contributed by atoms with Crippen molar-refractivity contribution in [2.45, 2.75) is 17.2 Å². The molecule has 0 amide bonds. The van der Waals surface area contributed by atoms with E-state index in [0.717, 1.165) is 11.1 Å². The smallest absolute Gasteiger partial charge is 0.210 e. The van der Waals surface area contributed by atoms with Gasteiger partial charge in [-0.1, -0.05) is 0 Å². The Labute approximate surface area is 116 Å². The van der Waals surface area contributed by atoms with Crippen LogP contribution in [0.4, 0.5) is 5.69 Å². The summed E-state index contributed by atoms with van der Waals surface area (Å²) in [6, 6.07) is 5.21. The second-order valence-corrected chi connectivity index (χ2v) is 7.54. The number of anilines is 1. The molecule has 0 unspecified atom stereocenters. The first-order chi connectivity index (χ1) is 9.03. The molecule has 0 atom stereocenters. The van der Waals surface area contributed by atoms with Crippen LogP contribution in [-0.4, -0.2) is 32.9 Å². The fourth-order valence-electron chi connectivity index (χ4n) is 1.68. The molecular formula is C12H16N2O3S2. The van der Waals surface area contributed by atoms with E-state index in [1.165, 1.54) is 11.3 Å². The number of thiazole rings is 1. The van der Waals surface area contributed by atoms with Gasteiger partial charge in [-0.25, -0.2) is 13.4 Å². The highest BCUT2D eigenvalue weighted by Crippen LogP contribution is 2.28. The summed E-state index contributed by atoms with van der Waals surface area (Å²) in [6.45, 7) is 0.575. The van der Waals surface area contributed by atoms with Gasteiger partial charge in [-0.2, -0.15) is 0 Å². The maximum Gasteiger partial charge on any atom is 0.210 e. The molecule has 0 spiro atoms. The molecule has 0 fully saturated rings. The van der Waals surface area contributed by atoms with Crippen molar-refractivity contribution in [2.75, 3.05) is 25.2 Å². The summed E-state index contributed by atoms with van der Waals surface area (Å²) in [7, 11) is -1.70. The Morgan fingerprint density at radius 1 is 1.37 bits per heavy atom. The van der Waals surface area contributed by atoms with Gasteiger partial charge in [-0.15, -0.1) is 11.3 Å². The van der Waals surface area contributed by atoms with E-state index in [1.54, 1.807) is 25.3 Å². The molecule has 0 aliphatic carbocycles. The Bertz CT molecular complexity index is 665. The fourth-order valence-corrected chi connectivity index (χ4v) is 4.45. The number of rotatable bonds is 6. The topological polar surface area (TPSA) is 82.3 Å². The molecule has 0 aliphatic heterocycles. The molecular weight excluding hydrogens is 284 g/mol. The van der Waals surface area contributed by atoms with Crippen molar-refractivity contribution in [3.05, 3.63) is 18.2 Å². The average Bonchev–Trinajstić information content (AvgIpc) is 2.78. The molecule has 1 heterocycles. The van der Waals surface area contributed by atoms with Crippen LogP contribution in [0.2, 0.25) is 0 Å². The Morgan fingerprint density at radius 2 is 2.16 bits per heavy atom. The first kappa shape index (κ1) is 14.2. The average molecular weight is 300 g/mol. The highest BCUT2D eigenvalue weighted by atomic mass is 32.2. The highest BCUT2D eigenvalue weighted by molar-refractivity contribution is 7.93. The van der Waals surface area contributed by atoms with Crippen molar-refractivity contribution in [2.24, 2.45) is 0 Å². The van der Waals surface area contributed by atoms with Crippen molar-refractivity contribution >= 4 is 37.1 Å². The molecule has 0 radical (unpaired) electrons. The molecule has 0 saturated heterocycles. The van der Waals surface area contributed by atoms with Gasteiger partial charge in [-0.05, 0) is 31.0 Å². The fraction of sp³-hybridized carbons (Fsp3) is 0.417. The van der Waals surface area contributed by atoms with Gasteiger partial charge in [-0.3, -0.25) is 0 Å². The number of hydrogen-bond acceptors (Lipinski definition) is 6. The van der Waals surface area contributed by atoms with Gasteiger partial charge in [0.05, 0.1) is 16.0 Å². The quantitative estimate of drug-likeness (QED) is 0.652. The van der Waals surface area contributed by atoms with Crippen LogP contribution in [0.3, 0.4) is 0 Å². The van der Waals surface area contributed by atoms with E-state index < -0.39 is 9.84 Å². The first-order valence-corrected chi connectivity index (χ1v) is 8.37. The zero-order chi connectivity index (χ0) is 13.9. The maximum atomic E-state index is 12.1. The number of nitrogens with two attached hydrogens (primary N) is 1.